The van der Waals surface area contributed by atoms with E-state index in [1.54, 1.807) is 0 Å². The van der Waals surface area contributed by atoms with Gasteiger partial charge in [0, 0.05) is 17.5 Å². The zero-order chi connectivity index (χ0) is 15.0. The smallest absolute Gasteiger partial charge is 0.307 e. The molecule has 0 amide bonds. The average Bonchev–Trinajstić information content (AvgIpc) is 2.84. The van der Waals surface area contributed by atoms with Gasteiger partial charge in [0.15, 0.2) is 0 Å². The van der Waals surface area contributed by atoms with Crippen LogP contribution in [0.15, 0.2) is 30.4 Å². The summed E-state index contributed by atoms with van der Waals surface area (Å²) in [7, 11) is 0. The highest BCUT2D eigenvalue weighted by Crippen LogP contribution is 2.36. The van der Waals surface area contributed by atoms with E-state index in [4.69, 9.17) is 11.6 Å². The van der Waals surface area contributed by atoms with E-state index in [9.17, 15) is 9.90 Å². The highest BCUT2D eigenvalue weighted by molar-refractivity contribution is 6.31. The highest BCUT2D eigenvalue weighted by atomic mass is 35.5. The van der Waals surface area contributed by atoms with Crippen LogP contribution in [0.1, 0.15) is 31.5 Å². The fraction of sp³-hybridized carbons (Fsp3) is 0.375. The van der Waals surface area contributed by atoms with Gasteiger partial charge in [0.2, 0.25) is 0 Å². The lowest BCUT2D eigenvalue weighted by Gasteiger charge is -2.25. The predicted octanol–water partition coefficient (Wildman–Crippen LogP) is 3.84. The molecule has 2 aromatic rings. The number of aliphatic carboxylic acids is 1. The van der Waals surface area contributed by atoms with Crippen LogP contribution in [-0.2, 0) is 11.3 Å². The molecule has 110 valence electrons. The topological polar surface area (TPSA) is 55.1 Å². The maximum atomic E-state index is 11.5. The Bertz CT molecular complexity index is 720. The van der Waals surface area contributed by atoms with E-state index in [0.29, 0.717) is 17.9 Å². The number of allylic oxidation sites excluding steroid dienone is 2. The van der Waals surface area contributed by atoms with Gasteiger partial charge in [-0.3, -0.25) is 4.79 Å². The van der Waals surface area contributed by atoms with Gasteiger partial charge in [0.25, 0.3) is 0 Å². The molecule has 1 N–H and O–H groups in total. The number of carboxylic acids is 1. The van der Waals surface area contributed by atoms with Crippen LogP contribution in [0.5, 0.6) is 0 Å². The zero-order valence-corrected chi connectivity index (χ0v) is 12.5. The second-order valence-corrected chi connectivity index (χ2v) is 5.78. The summed E-state index contributed by atoms with van der Waals surface area (Å²) in [5.74, 6) is -0.394. The number of carboxylic acid groups (broad SMARTS) is 1. The molecule has 0 aliphatic heterocycles. The van der Waals surface area contributed by atoms with Crippen molar-refractivity contribution in [2.45, 2.75) is 32.2 Å². The van der Waals surface area contributed by atoms with E-state index in [0.717, 1.165) is 23.4 Å². The summed E-state index contributed by atoms with van der Waals surface area (Å²) >= 11 is 6.03. The second-order valence-electron chi connectivity index (χ2n) is 5.34. The molecule has 0 fully saturated rings. The number of benzene rings is 1. The Kier molecular flexibility index (Phi) is 3.72. The molecule has 1 aromatic carbocycles. The van der Waals surface area contributed by atoms with Crippen LogP contribution in [0.2, 0.25) is 5.02 Å². The van der Waals surface area contributed by atoms with E-state index in [-0.39, 0.29) is 5.92 Å². The lowest BCUT2D eigenvalue weighted by Crippen LogP contribution is -2.25. The molecule has 3 rings (SSSR count). The third-order valence-corrected chi connectivity index (χ3v) is 4.37. The molecule has 5 heteroatoms. The quantitative estimate of drug-likeness (QED) is 0.876. The van der Waals surface area contributed by atoms with Crippen LogP contribution < -0.4 is 0 Å². The van der Waals surface area contributed by atoms with Gasteiger partial charge in [-0.2, -0.15) is 0 Å². The standard InChI is InChI=1S/C16H17ClN2O2/c1-2-19-14-8-7-10(17)9-13(14)18-15(19)11-5-3-4-6-12(11)16(20)21/h3-4,7-9,11-12H,2,5-6H2,1H3,(H,20,21)/t11-,12+/m1/s1. The van der Waals surface area contributed by atoms with Gasteiger partial charge in [-0.05, 0) is 38.0 Å². The number of hydrogen-bond donors (Lipinski definition) is 1. The molecule has 0 spiro atoms. The molecule has 1 aliphatic carbocycles. The first kappa shape index (κ1) is 14.1. The molecular formula is C16H17ClN2O2. The van der Waals surface area contributed by atoms with E-state index in [1.807, 2.05) is 31.2 Å². The number of aromatic nitrogens is 2. The highest BCUT2D eigenvalue weighted by Gasteiger charge is 2.33. The van der Waals surface area contributed by atoms with E-state index in [1.165, 1.54) is 0 Å². The number of imidazole rings is 1. The van der Waals surface area contributed by atoms with Gasteiger partial charge in [-0.15, -0.1) is 0 Å². The fourth-order valence-electron chi connectivity index (χ4n) is 3.11. The molecule has 0 saturated heterocycles. The molecule has 0 bridgehead atoms. The Labute approximate surface area is 128 Å². The number of carbonyl (C=O) groups is 1. The zero-order valence-electron chi connectivity index (χ0n) is 11.8. The van der Waals surface area contributed by atoms with E-state index < -0.39 is 11.9 Å². The Morgan fingerprint density at radius 3 is 2.90 bits per heavy atom. The van der Waals surface area contributed by atoms with Crippen molar-refractivity contribution in [1.82, 2.24) is 9.55 Å². The Morgan fingerprint density at radius 1 is 1.43 bits per heavy atom. The van der Waals surface area contributed by atoms with Crippen molar-refractivity contribution in [1.29, 1.82) is 0 Å². The van der Waals surface area contributed by atoms with Gasteiger partial charge in [-0.1, -0.05) is 23.8 Å². The molecule has 1 aliphatic rings. The van der Waals surface area contributed by atoms with Crippen LogP contribution >= 0.6 is 11.6 Å². The maximum Gasteiger partial charge on any atom is 0.307 e. The molecule has 1 aromatic heterocycles. The number of hydrogen-bond acceptors (Lipinski definition) is 2. The van der Waals surface area contributed by atoms with Crippen molar-refractivity contribution in [2.75, 3.05) is 0 Å². The van der Waals surface area contributed by atoms with Crippen molar-refractivity contribution in [2.24, 2.45) is 5.92 Å². The van der Waals surface area contributed by atoms with Crippen molar-refractivity contribution >= 4 is 28.6 Å². The second kappa shape index (κ2) is 5.53. The summed E-state index contributed by atoms with van der Waals surface area (Å²) in [4.78, 5) is 16.2. The Balaban J connectivity index is 2.14. The molecule has 1 heterocycles. The first-order valence-corrected chi connectivity index (χ1v) is 7.53. The van der Waals surface area contributed by atoms with Gasteiger partial charge in [0.05, 0.1) is 17.0 Å². The van der Waals surface area contributed by atoms with Crippen molar-refractivity contribution in [3.63, 3.8) is 0 Å². The third kappa shape index (κ3) is 2.44. The molecule has 2 atom stereocenters. The summed E-state index contributed by atoms with van der Waals surface area (Å²) in [6.45, 7) is 2.81. The lowest BCUT2D eigenvalue weighted by molar-refractivity contribution is -0.142. The summed E-state index contributed by atoms with van der Waals surface area (Å²) in [6.07, 6.45) is 5.28. The van der Waals surface area contributed by atoms with Crippen LogP contribution in [0.3, 0.4) is 0 Å². The van der Waals surface area contributed by atoms with Crippen molar-refractivity contribution < 1.29 is 9.90 Å². The summed E-state index contributed by atoms with van der Waals surface area (Å²) in [5, 5.41) is 10.1. The SMILES string of the molecule is CCn1c([C@@H]2CC=CC[C@@H]2C(=O)O)nc2cc(Cl)ccc21. The number of aryl methyl sites for hydroxylation is 1. The van der Waals surface area contributed by atoms with E-state index >= 15 is 0 Å². The molecular weight excluding hydrogens is 288 g/mol. The fourth-order valence-corrected chi connectivity index (χ4v) is 3.28. The van der Waals surface area contributed by atoms with E-state index in [2.05, 4.69) is 15.6 Å². The van der Waals surface area contributed by atoms with Crippen LogP contribution in [-0.4, -0.2) is 20.6 Å². The first-order chi connectivity index (χ1) is 10.1. The monoisotopic (exact) mass is 304 g/mol. The Morgan fingerprint density at radius 2 is 2.19 bits per heavy atom. The van der Waals surface area contributed by atoms with Crippen LogP contribution in [0, 0.1) is 5.92 Å². The number of rotatable bonds is 3. The molecule has 21 heavy (non-hydrogen) atoms. The van der Waals surface area contributed by atoms with Gasteiger partial charge >= 0.3 is 5.97 Å². The van der Waals surface area contributed by atoms with Crippen LogP contribution in [0.4, 0.5) is 0 Å². The Hall–Kier alpha value is -1.81. The molecule has 0 unspecified atom stereocenters. The lowest BCUT2D eigenvalue weighted by atomic mass is 9.82. The van der Waals surface area contributed by atoms with Gasteiger partial charge in [-0.25, -0.2) is 4.98 Å². The molecule has 0 saturated carbocycles. The minimum absolute atomic E-state index is 0.0846. The summed E-state index contributed by atoms with van der Waals surface area (Å²) < 4.78 is 2.10. The summed E-state index contributed by atoms with van der Waals surface area (Å²) in [6, 6.07) is 5.63. The number of fused-ring (bicyclic) bond motifs is 1. The summed E-state index contributed by atoms with van der Waals surface area (Å²) in [5.41, 5.74) is 1.84. The minimum atomic E-state index is -0.753. The predicted molar refractivity (Wildman–Crippen MR) is 82.7 cm³/mol. The maximum absolute atomic E-state index is 11.5. The minimum Gasteiger partial charge on any atom is -0.481 e. The third-order valence-electron chi connectivity index (χ3n) is 4.14. The van der Waals surface area contributed by atoms with Crippen molar-refractivity contribution in [3.8, 4) is 0 Å². The van der Waals surface area contributed by atoms with Gasteiger partial charge in [0.1, 0.15) is 5.82 Å². The normalized spacial score (nSPS) is 21.8. The first-order valence-electron chi connectivity index (χ1n) is 7.15. The van der Waals surface area contributed by atoms with Crippen LogP contribution in [0.25, 0.3) is 11.0 Å². The molecule has 0 radical (unpaired) electrons. The van der Waals surface area contributed by atoms with Gasteiger partial charge < -0.3 is 9.67 Å². The number of nitrogens with zero attached hydrogens (tertiary/aromatic N) is 2. The number of halogens is 1. The average molecular weight is 305 g/mol. The largest absolute Gasteiger partial charge is 0.481 e. The van der Waals surface area contributed by atoms with Crippen molar-refractivity contribution in [3.05, 3.63) is 41.2 Å². The molecule has 4 nitrogen and oxygen atoms in total.